The molecule has 0 fully saturated rings. The predicted molar refractivity (Wildman–Crippen MR) is 73.1 cm³/mol. The minimum atomic E-state index is -0.156. The van der Waals surface area contributed by atoms with Gasteiger partial charge in [-0.25, -0.2) is 0 Å². The summed E-state index contributed by atoms with van der Waals surface area (Å²) in [6.07, 6.45) is 0. The highest BCUT2D eigenvalue weighted by atomic mass is 32.1. The SMILES string of the molecule is Cc1ccsc1CNC(=O)c1cccc(O)c1C. The quantitative estimate of drug-likeness (QED) is 0.892. The normalized spacial score (nSPS) is 10.3. The first-order valence-electron chi connectivity index (χ1n) is 5.69. The molecule has 1 aromatic heterocycles. The highest BCUT2D eigenvalue weighted by Gasteiger charge is 2.11. The van der Waals surface area contributed by atoms with Gasteiger partial charge in [0.1, 0.15) is 5.75 Å². The molecule has 1 heterocycles. The smallest absolute Gasteiger partial charge is 0.251 e. The minimum absolute atomic E-state index is 0.148. The van der Waals surface area contributed by atoms with Crippen LogP contribution in [0.5, 0.6) is 5.75 Å². The number of thiophene rings is 1. The summed E-state index contributed by atoms with van der Waals surface area (Å²) in [7, 11) is 0. The molecule has 94 valence electrons. The summed E-state index contributed by atoms with van der Waals surface area (Å²) in [6.45, 7) is 4.29. The lowest BCUT2D eigenvalue weighted by Gasteiger charge is -2.08. The molecule has 0 aliphatic heterocycles. The number of rotatable bonds is 3. The summed E-state index contributed by atoms with van der Waals surface area (Å²) < 4.78 is 0. The topological polar surface area (TPSA) is 49.3 Å². The maximum absolute atomic E-state index is 12.0. The van der Waals surface area contributed by atoms with Gasteiger partial charge in [0.15, 0.2) is 0 Å². The highest BCUT2D eigenvalue weighted by Crippen LogP contribution is 2.20. The van der Waals surface area contributed by atoms with Crippen LogP contribution in [-0.4, -0.2) is 11.0 Å². The van der Waals surface area contributed by atoms with Crippen molar-refractivity contribution in [2.75, 3.05) is 0 Å². The zero-order chi connectivity index (χ0) is 13.1. The van der Waals surface area contributed by atoms with E-state index in [-0.39, 0.29) is 11.7 Å². The van der Waals surface area contributed by atoms with Crippen molar-refractivity contribution in [1.82, 2.24) is 5.32 Å². The summed E-state index contributed by atoms with van der Waals surface area (Å²) in [4.78, 5) is 13.2. The van der Waals surface area contributed by atoms with Gasteiger partial charge in [-0.2, -0.15) is 0 Å². The Balaban J connectivity index is 2.09. The van der Waals surface area contributed by atoms with Gasteiger partial charge in [0.05, 0.1) is 6.54 Å². The second-order valence-electron chi connectivity index (χ2n) is 4.16. The lowest BCUT2D eigenvalue weighted by atomic mass is 10.1. The molecular formula is C14H15NO2S. The summed E-state index contributed by atoms with van der Waals surface area (Å²) in [5.41, 5.74) is 2.31. The maximum Gasteiger partial charge on any atom is 0.251 e. The number of nitrogens with one attached hydrogen (secondary N) is 1. The van der Waals surface area contributed by atoms with E-state index in [1.54, 1.807) is 36.5 Å². The van der Waals surface area contributed by atoms with Crippen LogP contribution >= 0.6 is 11.3 Å². The summed E-state index contributed by atoms with van der Waals surface area (Å²) in [5.74, 6) is -0.00819. The average Bonchev–Trinajstić information content (AvgIpc) is 2.75. The average molecular weight is 261 g/mol. The molecule has 3 nitrogen and oxygen atoms in total. The van der Waals surface area contributed by atoms with E-state index in [0.29, 0.717) is 17.7 Å². The molecule has 0 radical (unpaired) electrons. The number of amides is 1. The predicted octanol–water partition coefficient (Wildman–Crippen LogP) is 3.00. The molecule has 1 aromatic carbocycles. The van der Waals surface area contributed by atoms with Crippen LogP contribution in [0.2, 0.25) is 0 Å². The van der Waals surface area contributed by atoms with Crippen molar-refractivity contribution < 1.29 is 9.90 Å². The summed E-state index contributed by atoms with van der Waals surface area (Å²) >= 11 is 1.63. The first-order valence-corrected chi connectivity index (χ1v) is 6.57. The van der Waals surface area contributed by atoms with Crippen LogP contribution in [0.25, 0.3) is 0 Å². The van der Waals surface area contributed by atoms with Crippen LogP contribution in [0, 0.1) is 13.8 Å². The van der Waals surface area contributed by atoms with Crippen molar-refractivity contribution in [3.63, 3.8) is 0 Å². The van der Waals surface area contributed by atoms with E-state index < -0.39 is 0 Å². The van der Waals surface area contributed by atoms with Crippen LogP contribution in [0.4, 0.5) is 0 Å². The van der Waals surface area contributed by atoms with Crippen molar-refractivity contribution >= 4 is 17.2 Å². The standard InChI is InChI=1S/C14H15NO2S/c1-9-6-7-18-13(9)8-15-14(17)11-4-3-5-12(16)10(11)2/h3-7,16H,8H2,1-2H3,(H,15,17). The van der Waals surface area contributed by atoms with Gasteiger partial charge in [0.2, 0.25) is 0 Å². The molecule has 0 bridgehead atoms. The zero-order valence-electron chi connectivity index (χ0n) is 10.4. The molecule has 1 amide bonds. The van der Waals surface area contributed by atoms with Gasteiger partial charge in [0, 0.05) is 16.0 Å². The van der Waals surface area contributed by atoms with Crippen LogP contribution in [0.3, 0.4) is 0 Å². The van der Waals surface area contributed by atoms with E-state index in [9.17, 15) is 9.90 Å². The lowest BCUT2D eigenvalue weighted by molar-refractivity contribution is 0.0950. The Labute approximate surface area is 110 Å². The second kappa shape index (κ2) is 5.23. The largest absolute Gasteiger partial charge is 0.508 e. The molecule has 4 heteroatoms. The van der Waals surface area contributed by atoms with Crippen LogP contribution in [-0.2, 0) is 6.54 Å². The van der Waals surface area contributed by atoms with Gasteiger partial charge in [-0.05, 0) is 43.0 Å². The number of hydrogen-bond donors (Lipinski definition) is 2. The fraction of sp³-hybridized carbons (Fsp3) is 0.214. The first kappa shape index (κ1) is 12.6. The maximum atomic E-state index is 12.0. The van der Waals surface area contributed by atoms with E-state index in [0.717, 1.165) is 4.88 Å². The first-order chi connectivity index (χ1) is 8.59. The highest BCUT2D eigenvalue weighted by molar-refractivity contribution is 7.10. The van der Waals surface area contributed by atoms with Gasteiger partial charge < -0.3 is 10.4 Å². The van der Waals surface area contributed by atoms with Crippen molar-refractivity contribution in [2.45, 2.75) is 20.4 Å². The Morgan fingerprint density at radius 3 is 2.78 bits per heavy atom. The molecule has 0 saturated heterocycles. The van der Waals surface area contributed by atoms with E-state index in [1.165, 1.54) is 5.56 Å². The van der Waals surface area contributed by atoms with E-state index in [4.69, 9.17) is 0 Å². The number of carbonyl (C=O) groups is 1. The van der Waals surface area contributed by atoms with Gasteiger partial charge in [-0.3, -0.25) is 4.79 Å². The van der Waals surface area contributed by atoms with Gasteiger partial charge in [-0.1, -0.05) is 6.07 Å². The molecule has 0 unspecified atom stereocenters. The Morgan fingerprint density at radius 2 is 2.11 bits per heavy atom. The van der Waals surface area contributed by atoms with Gasteiger partial charge in [0.25, 0.3) is 5.91 Å². The Hall–Kier alpha value is -1.81. The third kappa shape index (κ3) is 2.54. The molecular weight excluding hydrogens is 246 g/mol. The molecule has 18 heavy (non-hydrogen) atoms. The lowest BCUT2D eigenvalue weighted by Crippen LogP contribution is -2.23. The molecule has 2 rings (SSSR count). The molecule has 2 N–H and O–H groups in total. The monoisotopic (exact) mass is 261 g/mol. The van der Waals surface area contributed by atoms with Gasteiger partial charge >= 0.3 is 0 Å². The van der Waals surface area contributed by atoms with E-state index >= 15 is 0 Å². The molecule has 2 aromatic rings. The number of aryl methyl sites for hydroxylation is 1. The van der Waals surface area contributed by atoms with Crippen LogP contribution in [0.15, 0.2) is 29.6 Å². The zero-order valence-corrected chi connectivity index (χ0v) is 11.2. The Kier molecular flexibility index (Phi) is 3.67. The summed E-state index contributed by atoms with van der Waals surface area (Å²) in [6, 6.07) is 7.00. The fourth-order valence-corrected chi connectivity index (χ4v) is 2.56. The fourth-order valence-electron chi connectivity index (χ4n) is 1.71. The molecule has 0 atom stereocenters. The van der Waals surface area contributed by atoms with Crippen LogP contribution < -0.4 is 5.32 Å². The number of phenolic OH excluding ortho intramolecular Hbond substituents is 1. The molecule has 0 spiro atoms. The van der Waals surface area contributed by atoms with Gasteiger partial charge in [-0.15, -0.1) is 11.3 Å². The Morgan fingerprint density at radius 1 is 1.33 bits per heavy atom. The van der Waals surface area contributed by atoms with Crippen molar-refractivity contribution in [3.8, 4) is 5.75 Å². The van der Waals surface area contributed by atoms with Crippen molar-refractivity contribution in [2.24, 2.45) is 0 Å². The van der Waals surface area contributed by atoms with Crippen molar-refractivity contribution in [1.29, 1.82) is 0 Å². The number of benzene rings is 1. The van der Waals surface area contributed by atoms with E-state index in [1.807, 2.05) is 18.4 Å². The van der Waals surface area contributed by atoms with Crippen LogP contribution in [0.1, 0.15) is 26.4 Å². The summed E-state index contributed by atoms with van der Waals surface area (Å²) in [5, 5.41) is 14.4. The number of phenols is 1. The molecule has 0 saturated carbocycles. The van der Waals surface area contributed by atoms with Crippen molar-refractivity contribution in [3.05, 3.63) is 51.2 Å². The third-order valence-electron chi connectivity index (χ3n) is 2.93. The third-order valence-corrected chi connectivity index (χ3v) is 3.95. The number of aromatic hydroxyl groups is 1. The molecule has 0 aliphatic rings. The number of carbonyl (C=O) groups excluding carboxylic acids is 1. The second-order valence-corrected chi connectivity index (χ2v) is 5.16. The molecule has 0 aliphatic carbocycles. The number of hydrogen-bond acceptors (Lipinski definition) is 3. The Bertz CT molecular complexity index is 575. The van der Waals surface area contributed by atoms with E-state index in [2.05, 4.69) is 5.32 Å². The minimum Gasteiger partial charge on any atom is -0.508 e.